The van der Waals surface area contributed by atoms with Gasteiger partial charge in [-0.3, -0.25) is 0 Å². The van der Waals surface area contributed by atoms with Gasteiger partial charge in [-0.2, -0.15) is 0 Å². The van der Waals surface area contributed by atoms with E-state index < -0.39 is 5.60 Å². The van der Waals surface area contributed by atoms with Gasteiger partial charge in [-0.15, -0.1) is 0 Å². The van der Waals surface area contributed by atoms with Gasteiger partial charge in [0.05, 0.1) is 12.2 Å². The molecule has 3 heteroatoms. The molecule has 90 valence electrons. The van der Waals surface area contributed by atoms with E-state index in [1.807, 2.05) is 31.2 Å². The highest BCUT2D eigenvalue weighted by Gasteiger charge is 2.16. The van der Waals surface area contributed by atoms with Crippen LogP contribution in [0.3, 0.4) is 0 Å². The van der Waals surface area contributed by atoms with Crippen LogP contribution in [-0.4, -0.2) is 23.9 Å². The normalized spacial score (nSPS) is 14.5. The first-order chi connectivity index (χ1) is 7.53. The van der Waals surface area contributed by atoms with Crippen LogP contribution >= 0.6 is 0 Å². The molecule has 16 heavy (non-hydrogen) atoms. The van der Waals surface area contributed by atoms with Crippen LogP contribution in [0.4, 0.5) is 0 Å². The fraction of sp³-hybridized carbons (Fsp3) is 0.538. The minimum atomic E-state index is -0.768. The monoisotopic (exact) mass is 223 g/mol. The molecule has 3 nitrogen and oxygen atoms in total. The predicted molar refractivity (Wildman–Crippen MR) is 65.6 cm³/mol. The summed E-state index contributed by atoms with van der Waals surface area (Å²) in [6.07, 6.45) is 1.47. The maximum absolute atomic E-state index is 9.68. The Hall–Kier alpha value is -1.06. The second-order valence-corrected chi connectivity index (χ2v) is 4.47. The first-order valence-electron chi connectivity index (χ1n) is 5.65. The number of aliphatic hydroxyl groups is 1. The molecule has 3 N–H and O–H groups in total. The number of hydrogen-bond acceptors (Lipinski definition) is 3. The molecule has 0 saturated heterocycles. The smallest absolute Gasteiger partial charge is 0.119 e. The molecule has 0 radical (unpaired) electrons. The SMILES string of the molecule is Cc1cccc(OCCCC(C)(O)CN)c1. The molecule has 0 aromatic heterocycles. The number of benzene rings is 1. The molecule has 0 aliphatic carbocycles. The van der Waals surface area contributed by atoms with Gasteiger partial charge in [0.2, 0.25) is 0 Å². The lowest BCUT2D eigenvalue weighted by molar-refractivity contribution is 0.0536. The second-order valence-electron chi connectivity index (χ2n) is 4.47. The molecule has 0 aliphatic rings. The fourth-order valence-electron chi connectivity index (χ4n) is 1.45. The maximum Gasteiger partial charge on any atom is 0.119 e. The lowest BCUT2D eigenvalue weighted by atomic mass is 10.0. The van der Waals surface area contributed by atoms with Crippen molar-refractivity contribution in [3.63, 3.8) is 0 Å². The Bertz CT molecular complexity index is 323. The van der Waals surface area contributed by atoms with Crippen LogP contribution in [0.25, 0.3) is 0 Å². The summed E-state index contributed by atoms with van der Waals surface area (Å²) >= 11 is 0. The number of hydrogen-bond donors (Lipinski definition) is 2. The largest absolute Gasteiger partial charge is 0.494 e. The first kappa shape index (κ1) is 13.0. The molecule has 1 atom stereocenters. The molecule has 0 heterocycles. The van der Waals surface area contributed by atoms with E-state index in [1.54, 1.807) is 6.92 Å². The van der Waals surface area contributed by atoms with Crippen molar-refractivity contribution in [2.24, 2.45) is 5.73 Å². The highest BCUT2D eigenvalue weighted by atomic mass is 16.5. The topological polar surface area (TPSA) is 55.5 Å². The number of rotatable bonds is 6. The van der Waals surface area contributed by atoms with Crippen molar-refractivity contribution in [1.82, 2.24) is 0 Å². The van der Waals surface area contributed by atoms with E-state index in [0.29, 0.717) is 13.0 Å². The summed E-state index contributed by atoms with van der Waals surface area (Å²) in [4.78, 5) is 0. The third-order valence-corrected chi connectivity index (χ3v) is 2.56. The zero-order valence-corrected chi connectivity index (χ0v) is 10.1. The van der Waals surface area contributed by atoms with Gasteiger partial charge in [-0.05, 0) is 44.4 Å². The molecule has 1 aromatic carbocycles. The van der Waals surface area contributed by atoms with Gasteiger partial charge < -0.3 is 15.6 Å². The van der Waals surface area contributed by atoms with Crippen molar-refractivity contribution in [2.45, 2.75) is 32.3 Å². The molecule has 1 rings (SSSR count). The number of aryl methyl sites for hydroxylation is 1. The molecule has 0 fully saturated rings. The Morgan fingerprint density at radius 1 is 1.44 bits per heavy atom. The van der Waals surface area contributed by atoms with Crippen LogP contribution in [-0.2, 0) is 0 Å². The first-order valence-corrected chi connectivity index (χ1v) is 5.65. The second kappa shape index (κ2) is 5.87. The Balaban J connectivity index is 2.26. The van der Waals surface area contributed by atoms with Crippen LogP contribution in [0.1, 0.15) is 25.3 Å². The van der Waals surface area contributed by atoms with E-state index in [-0.39, 0.29) is 6.54 Å². The summed E-state index contributed by atoms with van der Waals surface area (Å²) in [6, 6.07) is 7.95. The van der Waals surface area contributed by atoms with Crippen molar-refractivity contribution >= 4 is 0 Å². The lowest BCUT2D eigenvalue weighted by Gasteiger charge is -2.20. The summed E-state index contributed by atoms with van der Waals surface area (Å²) in [7, 11) is 0. The third kappa shape index (κ3) is 4.64. The molecule has 1 aromatic rings. The van der Waals surface area contributed by atoms with Gasteiger partial charge in [0.25, 0.3) is 0 Å². The molecular formula is C13H21NO2. The molecule has 0 aliphatic heterocycles. The van der Waals surface area contributed by atoms with Crippen molar-refractivity contribution in [3.05, 3.63) is 29.8 Å². The van der Waals surface area contributed by atoms with Gasteiger partial charge in [0.15, 0.2) is 0 Å². The molecule has 0 spiro atoms. The molecule has 0 saturated carbocycles. The molecule has 1 unspecified atom stereocenters. The van der Waals surface area contributed by atoms with Gasteiger partial charge >= 0.3 is 0 Å². The summed E-state index contributed by atoms with van der Waals surface area (Å²) in [6.45, 7) is 4.68. The minimum absolute atomic E-state index is 0.289. The lowest BCUT2D eigenvalue weighted by Crippen LogP contribution is -2.34. The Morgan fingerprint density at radius 2 is 2.19 bits per heavy atom. The Kier molecular flexibility index (Phi) is 4.77. The zero-order chi connectivity index (χ0) is 12.0. The quantitative estimate of drug-likeness (QED) is 0.724. The molecule has 0 amide bonds. The Morgan fingerprint density at radius 3 is 2.81 bits per heavy atom. The van der Waals surface area contributed by atoms with Crippen LogP contribution < -0.4 is 10.5 Å². The van der Waals surface area contributed by atoms with Gasteiger partial charge in [-0.1, -0.05) is 12.1 Å². The average molecular weight is 223 g/mol. The van der Waals surface area contributed by atoms with E-state index in [1.165, 1.54) is 5.56 Å². The van der Waals surface area contributed by atoms with E-state index >= 15 is 0 Å². The van der Waals surface area contributed by atoms with Crippen LogP contribution in [0, 0.1) is 6.92 Å². The van der Waals surface area contributed by atoms with Crippen LogP contribution in [0.2, 0.25) is 0 Å². The minimum Gasteiger partial charge on any atom is -0.494 e. The predicted octanol–water partition coefficient (Wildman–Crippen LogP) is 1.86. The molecular weight excluding hydrogens is 202 g/mol. The van der Waals surface area contributed by atoms with E-state index in [9.17, 15) is 5.11 Å². The van der Waals surface area contributed by atoms with Crippen molar-refractivity contribution in [1.29, 1.82) is 0 Å². The summed E-state index contributed by atoms with van der Waals surface area (Å²) in [5.41, 5.74) is 5.85. The van der Waals surface area contributed by atoms with Crippen molar-refractivity contribution < 1.29 is 9.84 Å². The van der Waals surface area contributed by atoms with Gasteiger partial charge in [0.1, 0.15) is 5.75 Å². The standard InChI is InChI=1S/C13H21NO2/c1-11-5-3-6-12(9-11)16-8-4-7-13(2,15)10-14/h3,5-6,9,15H,4,7-8,10,14H2,1-2H3. The Labute approximate surface area is 97.2 Å². The fourth-order valence-corrected chi connectivity index (χ4v) is 1.45. The highest BCUT2D eigenvalue weighted by molar-refractivity contribution is 5.27. The maximum atomic E-state index is 9.68. The number of nitrogens with two attached hydrogens (primary N) is 1. The van der Waals surface area contributed by atoms with E-state index in [4.69, 9.17) is 10.5 Å². The van der Waals surface area contributed by atoms with Gasteiger partial charge in [0, 0.05) is 6.54 Å². The van der Waals surface area contributed by atoms with E-state index in [2.05, 4.69) is 0 Å². The highest BCUT2D eigenvalue weighted by Crippen LogP contribution is 2.14. The van der Waals surface area contributed by atoms with Crippen LogP contribution in [0.5, 0.6) is 5.75 Å². The van der Waals surface area contributed by atoms with Crippen molar-refractivity contribution in [3.8, 4) is 5.75 Å². The third-order valence-electron chi connectivity index (χ3n) is 2.56. The summed E-state index contributed by atoms with van der Waals surface area (Å²) < 4.78 is 5.57. The average Bonchev–Trinajstić information content (AvgIpc) is 2.25. The molecule has 0 bridgehead atoms. The van der Waals surface area contributed by atoms with E-state index in [0.717, 1.165) is 12.2 Å². The number of ether oxygens (including phenoxy) is 1. The van der Waals surface area contributed by atoms with Gasteiger partial charge in [-0.25, -0.2) is 0 Å². The van der Waals surface area contributed by atoms with Crippen LogP contribution in [0.15, 0.2) is 24.3 Å². The zero-order valence-electron chi connectivity index (χ0n) is 10.1. The van der Waals surface area contributed by atoms with Crippen molar-refractivity contribution in [2.75, 3.05) is 13.2 Å². The summed E-state index contributed by atoms with van der Waals surface area (Å²) in [5, 5.41) is 9.68. The summed E-state index contributed by atoms with van der Waals surface area (Å²) in [5.74, 6) is 0.882.